The van der Waals surface area contributed by atoms with Gasteiger partial charge in [-0.3, -0.25) is 4.40 Å². The fourth-order valence-electron chi connectivity index (χ4n) is 3.13. The Morgan fingerprint density at radius 1 is 1.12 bits per heavy atom. The van der Waals surface area contributed by atoms with E-state index in [1.807, 2.05) is 36.6 Å². The van der Waals surface area contributed by atoms with E-state index in [0.29, 0.717) is 5.95 Å². The van der Waals surface area contributed by atoms with E-state index in [-0.39, 0.29) is 5.75 Å². The summed E-state index contributed by atoms with van der Waals surface area (Å²) in [6.45, 7) is 3.95. The van der Waals surface area contributed by atoms with Crippen molar-refractivity contribution in [2.75, 3.05) is 12.4 Å². The molecule has 0 saturated carbocycles. The summed E-state index contributed by atoms with van der Waals surface area (Å²) in [4.78, 5) is 13.4. The number of aromatic hydroxyl groups is 1. The largest absolute Gasteiger partial charge is 0.508 e. The van der Waals surface area contributed by atoms with Crippen LogP contribution in [0.15, 0.2) is 36.8 Å². The molecule has 4 aromatic rings. The second kappa shape index (κ2) is 5.19. The van der Waals surface area contributed by atoms with E-state index in [2.05, 4.69) is 20.3 Å². The molecule has 3 heterocycles. The minimum absolute atomic E-state index is 0.280. The Morgan fingerprint density at radius 3 is 2.75 bits per heavy atom. The minimum Gasteiger partial charge on any atom is -0.508 e. The number of nitrogens with zero attached hydrogens (tertiary/aromatic N) is 4. The first-order valence-electron chi connectivity index (χ1n) is 7.70. The van der Waals surface area contributed by atoms with Crippen LogP contribution in [0.2, 0.25) is 0 Å². The predicted octanol–water partition coefficient (Wildman–Crippen LogP) is 3.31. The summed E-state index contributed by atoms with van der Waals surface area (Å²) in [6, 6.07) is 5.67. The van der Waals surface area contributed by atoms with Crippen LogP contribution in [-0.2, 0) is 0 Å². The van der Waals surface area contributed by atoms with Crippen molar-refractivity contribution in [1.82, 2.24) is 19.4 Å². The fraction of sp³-hybridized carbons (Fsp3) is 0.167. The first kappa shape index (κ1) is 14.4. The number of phenols is 1. The van der Waals surface area contributed by atoms with Gasteiger partial charge in [0.15, 0.2) is 5.65 Å². The summed E-state index contributed by atoms with van der Waals surface area (Å²) in [7, 11) is 1.79. The highest BCUT2D eigenvalue weighted by molar-refractivity contribution is 5.92. The molecule has 0 bridgehead atoms. The lowest BCUT2D eigenvalue weighted by atomic mass is 9.95. The third-order valence-electron chi connectivity index (χ3n) is 4.34. The molecule has 0 unspecified atom stereocenters. The molecule has 0 aliphatic rings. The molecule has 0 saturated heterocycles. The highest BCUT2D eigenvalue weighted by Gasteiger charge is 2.16. The Morgan fingerprint density at radius 2 is 1.96 bits per heavy atom. The number of hydrogen-bond acceptors (Lipinski definition) is 5. The smallest absolute Gasteiger partial charge is 0.224 e. The number of fused-ring (bicyclic) bond motifs is 3. The van der Waals surface area contributed by atoms with Crippen molar-refractivity contribution in [2.45, 2.75) is 13.8 Å². The molecule has 4 rings (SSSR count). The maximum Gasteiger partial charge on any atom is 0.224 e. The molecule has 3 aromatic heterocycles. The Kier molecular flexibility index (Phi) is 3.13. The number of pyridine rings is 1. The summed E-state index contributed by atoms with van der Waals surface area (Å²) in [6.07, 6.45) is 5.44. The van der Waals surface area contributed by atoms with Crippen LogP contribution in [0.1, 0.15) is 11.1 Å². The van der Waals surface area contributed by atoms with Crippen LogP contribution in [0.25, 0.3) is 27.8 Å². The SMILES string of the molecule is CNc1ncc2cc(-c3c(C)ccc(O)c3C)c3nccn3c2n1. The van der Waals surface area contributed by atoms with Crippen molar-refractivity contribution in [3.63, 3.8) is 0 Å². The first-order chi connectivity index (χ1) is 11.6. The van der Waals surface area contributed by atoms with Gasteiger partial charge in [0.05, 0.1) is 0 Å². The average Bonchev–Trinajstić information content (AvgIpc) is 3.08. The van der Waals surface area contributed by atoms with Crippen LogP contribution in [-0.4, -0.2) is 31.5 Å². The summed E-state index contributed by atoms with van der Waals surface area (Å²) >= 11 is 0. The molecule has 0 spiro atoms. The van der Waals surface area contributed by atoms with E-state index in [1.54, 1.807) is 25.5 Å². The third-order valence-corrected chi connectivity index (χ3v) is 4.34. The molecule has 0 atom stereocenters. The summed E-state index contributed by atoms with van der Waals surface area (Å²) in [5.41, 5.74) is 5.47. The van der Waals surface area contributed by atoms with E-state index >= 15 is 0 Å². The van der Waals surface area contributed by atoms with Crippen molar-refractivity contribution >= 4 is 22.6 Å². The second-order valence-corrected chi connectivity index (χ2v) is 5.80. The maximum absolute atomic E-state index is 10.1. The van der Waals surface area contributed by atoms with Gasteiger partial charge >= 0.3 is 0 Å². The monoisotopic (exact) mass is 319 g/mol. The third kappa shape index (κ3) is 2.00. The second-order valence-electron chi connectivity index (χ2n) is 5.80. The molecular formula is C18H17N5O. The van der Waals surface area contributed by atoms with Crippen molar-refractivity contribution in [3.05, 3.63) is 47.9 Å². The van der Waals surface area contributed by atoms with E-state index in [0.717, 1.165) is 38.9 Å². The zero-order valence-corrected chi connectivity index (χ0v) is 13.7. The van der Waals surface area contributed by atoms with Crippen molar-refractivity contribution in [1.29, 1.82) is 0 Å². The summed E-state index contributed by atoms with van der Waals surface area (Å²) in [5.74, 6) is 0.845. The molecular weight excluding hydrogens is 302 g/mol. The van der Waals surface area contributed by atoms with Crippen LogP contribution in [0, 0.1) is 13.8 Å². The molecule has 1 aromatic carbocycles. The van der Waals surface area contributed by atoms with Crippen LogP contribution in [0.3, 0.4) is 0 Å². The van der Waals surface area contributed by atoms with Gasteiger partial charge in [-0.2, -0.15) is 4.98 Å². The Labute approximate surface area is 138 Å². The van der Waals surface area contributed by atoms with Gasteiger partial charge < -0.3 is 10.4 Å². The highest BCUT2D eigenvalue weighted by atomic mass is 16.3. The lowest BCUT2D eigenvalue weighted by Crippen LogP contribution is -2.01. The lowest BCUT2D eigenvalue weighted by molar-refractivity contribution is 0.471. The molecule has 2 N–H and O–H groups in total. The average molecular weight is 319 g/mol. The molecule has 6 nitrogen and oxygen atoms in total. The van der Waals surface area contributed by atoms with E-state index in [1.165, 1.54) is 0 Å². The number of imidazole rings is 1. The molecule has 0 amide bonds. The van der Waals surface area contributed by atoms with Gasteiger partial charge in [-0.15, -0.1) is 0 Å². The number of benzene rings is 1. The topological polar surface area (TPSA) is 75.3 Å². The highest BCUT2D eigenvalue weighted by Crippen LogP contribution is 2.36. The quantitative estimate of drug-likeness (QED) is 0.593. The Balaban J connectivity index is 2.13. The summed E-state index contributed by atoms with van der Waals surface area (Å²) in [5, 5.41) is 14.0. The first-order valence-corrected chi connectivity index (χ1v) is 7.70. The van der Waals surface area contributed by atoms with Gasteiger partial charge in [0.25, 0.3) is 0 Å². The lowest BCUT2D eigenvalue weighted by Gasteiger charge is -2.14. The number of anilines is 1. The maximum atomic E-state index is 10.1. The fourth-order valence-corrected chi connectivity index (χ4v) is 3.13. The molecule has 24 heavy (non-hydrogen) atoms. The number of rotatable bonds is 2. The Bertz CT molecular complexity index is 1080. The van der Waals surface area contributed by atoms with Crippen LogP contribution < -0.4 is 5.32 Å². The number of aryl methyl sites for hydroxylation is 1. The standard InChI is InChI=1S/C18H17N5O/c1-10-4-5-14(24)11(2)15(10)13-8-12-9-21-18(19-3)22-16(12)23-7-6-20-17(13)23/h4-9,24H,1-3H3,(H,19,21,22). The molecule has 0 aliphatic heterocycles. The molecule has 0 fully saturated rings. The van der Waals surface area contributed by atoms with Crippen LogP contribution in [0.4, 0.5) is 5.95 Å². The zero-order valence-electron chi connectivity index (χ0n) is 13.7. The number of hydrogen-bond donors (Lipinski definition) is 2. The van der Waals surface area contributed by atoms with Crippen molar-refractivity contribution < 1.29 is 5.11 Å². The Hall–Kier alpha value is -3.15. The van der Waals surface area contributed by atoms with Gasteiger partial charge in [-0.25, -0.2) is 9.97 Å². The van der Waals surface area contributed by atoms with E-state index < -0.39 is 0 Å². The van der Waals surface area contributed by atoms with Gasteiger partial charge in [-0.05, 0) is 42.7 Å². The van der Waals surface area contributed by atoms with Crippen molar-refractivity contribution in [2.24, 2.45) is 0 Å². The van der Waals surface area contributed by atoms with Crippen LogP contribution in [0.5, 0.6) is 5.75 Å². The van der Waals surface area contributed by atoms with Gasteiger partial charge in [0.1, 0.15) is 11.4 Å². The summed E-state index contributed by atoms with van der Waals surface area (Å²) < 4.78 is 1.95. The zero-order chi connectivity index (χ0) is 16.8. The van der Waals surface area contributed by atoms with Gasteiger partial charge in [0, 0.05) is 36.6 Å². The minimum atomic E-state index is 0.280. The van der Waals surface area contributed by atoms with Gasteiger partial charge in [-0.1, -0.05) is 6.07 Å². The number of aromatic nitrogens is 4. The molecule has 120 valence electrons. The normalized spacial score (nSPS) is 11.3. The predicted molar refractivity (Wildman–Crippen MR) is 94.4 cm³/mol. The van der Waals surface area contributed by atoms with Gasteiger partial charge in [0.2, 0.25) is 5.95 Å². The number of nitrogens with one attached hydrogen (secondary N) is 1. The number of phenolic OH excluding ortho intramolecular Hbond substituents is 1. The molecule has 0 radical (unpaired) electrons. The molecule has 0 aliphatic carbocycles. The molecule has 6 heteroatoms. The van der Waals surface area contributed by atoms with E-state index in [9.17, 15) is 5.11 Å². The van der Waals surface area contributed by atoms with E-state index in [4.69, 9.17) is 0 Å². The van der Waals surface area contributed by atoms with Crippen molar-refractivity contribution in [3.8, 4) is 16.9 Å². The van der Waals surface area contributed by atoms with Crippen LogP contribution >= 0.6 is 0 Å².